The first-order chi connectivity index (χ1) is 10.9. The highest BCUT2D eigenvalue weighted by Gasteiger charge is 2.17. The molecule has 0 radical (unpaired) electrons. The number of hydrogen-bond acceptors (Lipinski definition) is 4. The zero-order valence-corrected chi connectivity index (χ0v) is 13.0. The summed E-state index contributed by atoms with van der Waals surface area (Å²) in [7, 11) is 0. The van der Waals surface area contributed by atoms with Crippen LogP contribution in [-0.4, -0.2) is 35.7 Å². The Balaban J connectivity index is 1.88. The van der Waals surface area contributed by atoms with Crippen LogP contribution in [0.15, 0.2) is 24.3 Å². The van der Waals surface area contributed by atoms with E-state index in [0.717, 1.165) is 63.5 Å². The van der Waals surface area contributed by atoms with Crippen LogP contribution in [0.1, 0.15) is 25.7 Å². The maximum atomic E-state index is 8.70. The molecule has 0 unspecified atom stereocenters. The van der Waals surface area contributed by atoms with Crippen molar-refractivity contribution in [1.82, 2.24) is 14.9 Å². The van der Waals surface area contributed by atoms with E-state index in [2.05, 4.69) is 39.1 Å². The molecule has 0 amide bonds. The Hall–Kier alpha value is -2.06. The van der Waals surface area contributed by atoms with Crippen LogP contribution >= 0.6 is 0 Å². The number of imidazole rings is 1. The lowest BCUT2D eigenvalue weighted by Gasteiger charge is -2.22. The predicted molar refractivity (Wildman–Crippen MR) is 88.9 cm³/mol. The molecular formula is C17H23N5. The van der Waals surface area contributed by atoms with E-state index in [0.29, 0.717) is 6.42 Å². The number of hydrogen-bond donors (Lipinski definition) is 1. The monoisotopic (exact) mass is 297 g/mol. The van der Waals surface area contributed by atoms with Gasteiger partial charge in [0.15, 0.2) is 0 Å². The van der Waals surface area contributed by atoms with Gasteiger partial charge in [0, 0.05) is 32.6 Å². The summed E-state index contributed by atoms with van der Waals surface area (Å²) in [5, 5.41) is 12.1. The Morgan fingerprint density at radius 2 is 2.09 bits per heavy atom. The zero-order valence-electron chi connectivity index (χ0n) is 13.0. The van der Waals surface area contributed by atoms with E-state index in [1.54, 1.807) is 0 Å². The fraction of sp³-hybridized carbons (Fsp3) is 0.529. The van der Waals surface area contributed by atoms with Crippen molar-refractivity contribution >= 4 is 17.0 Å². The minimum absolute atomic E-state index is 0.635. The molecule has 0 saturated carbocycles. The molecule has 2 aromatic rings. The van der Waals surface area contributed by atoms with Gasteiger partial charge in [-0.25, -0.2) is 4.98 Å². The Morgan fingerprint density at radius 3 is 3.00 bits per heavy atom. The van der Waals surface area contributed by atoms with Gasteiger partial charge in [0.25, 0.3) is 0 Å². The van der Waals surface area contributed by atoms with E-state index < -0.39 is 0 Å². The number of fused-ring (bicyclic) bond motifs is 1. The Kier molecular flexibility index (Phi) is 4.92. The summed E-state index contributed by atoms with van der Waals surface area (Å²) in [4.78, 5) is 7.27. The first-order valence-corrected chi connectivity index (χ1v) is 8.18. The molecule has 1 N–H and O–H groups in total. The topological polar surface area (TPSA) is 56.9 Å². The number of aryl methyl sites for hydroxylation is 1. The summed E-state index contributed by atoms with van der Waals surface area (Å²) < 4.78 is 2.33. The first-order valence-electron chi connectivity index (χ1n) is 8.18. The van der Waals surface area contributed by atoms with E-state index in [9.17, 15) is 0 Å². The number of para-hydroxylation sites is 2. The molecule has 1 aliphatic heterocycles. The third-order valence-electron chi connectivity index (χ3n) is 4.18. The van der Waals surface area contributed by atoms with Crippen LogP contribution in [0.25, 0.3) is 11.0 Å². The van der Waals surface area contributed by atoms with Crippen LogP contribution in [0.5, 0.6) is 0 Å². The standard InChI is InChI=1S/C17H23N5/c18-9-4-1-5-13-22-16-8-3-2-7-15(16)20-17(22)21-12-6-10-19-11-14-21/h2-3,7-8,19H,1,4-6,10-14H2. The summed E-state index contributed by atoms with van der Waals surface area (Å²) >= 11 is 0. The van der Waals surface area contributed by atoms with Crippen LogP contribution in [0.2, 0.25) is 0 Å². The Bertz CT molecular complexity index is 647. The quantitative estimate of drug-likeness (QED) is 0.862. The fourth-order valence-electron chi connectivity index (χ4n) is 3.04. The molecule has 1 saturated heterocycles. The molecule has 1 fully saturated rings. The van der Waals surface area contributed by atoms with Gasteiger partial charge >= 0.3 is 0 Å². The van der Waals surface area contributed by atoms with Gasteiger partial charge in [-0.05, 0) is 37.9 Å². The molecule has 0 bridgehead atoms. The number of unbranched alkanes of at least 4 members (excludes halogenated alkanes) is 2. The molecule has 0 atom stereocenters. The highest BCUT2D eigenvalue weighted by molar-refractivity contribution is 5.78. The average molecular weight is 297 g/mol. The molecule has 1 aliphatic rings. The molecule has 22 heavy (non-hydrogen) atoms. The van der Waals surface area contributed by atoms with Crippen molar-refractivity contribution in [1.29, 1.82) is 5.26 Å². The smallest absolute Gasteiger partial charge is 0.206 e. The lowest BCUT2D eigenvalue weighted by atomic mass is 10.2. The molecule has 0 spiro atoms. The first kappa shape index (κ1) is 14.9. The SMILES string of the molecule is N#CCCCCn1c(N2CCCNCC2)nc2ccccc21. The van der Waals surface area contributed by atoms with Crippen molar-refractivity contribution in [3.05, 3.63) is 24.3 Å². The average Bonchev–Trinajstić information content (AvgIpc) is 2.73. The molecule has 116 valence electrons. The lowest BCUT2D eigenvalue weighted by Crippen LogP contribution is -2.30. The van der Waals surface area contributed by atoms with E-state index in [-0.39, 0.29) is 0 Å². The zero-order chi connectivity index (χ0) is 15.2. The van der Waals surface area contributed by atoms with Crippen LogP contribution in [0.3, 0.4) is 0 Å². The normalized spacial score (nSPS) is 15.7. The van der Waals surface area contributed by atoms with Crippen molar-refractivity contribution in [3.63, 3.8) is 0 Å². The minimum atomic E-state index is 0.635. The number of anilines is 1. The third-order valence-corrected chi connectivity index (χ3v) is 4.18. The van der Waals surface area contributed by atoms with Gasteiger partial charge in [-0.15, -0.1) is 0 Å². The molecule has 5 nitrogen and oxygen atoms in total. The number of rotatable bonds is 5. The van der Waals surface area contributed by atoms with Crippen LogP contribution in [0, 0.1) is 11.3 Å². The minimum Gasteiger partial charge on any atom is -0.341 e. The largest absolute Gasteiger partial charge is 0.341 e. The molecular weight excluding hydrogens is 274 g/mol. The molecule has 1 aromatic heterocycles. The van der Waals surface area contributed by atoms with E-state index in [4.69, 9.17) is 10.2 Å². The second kappa shape index (κ2) is 7.28. The second-order valence-corrected chi connectivity index (χ2v) is 5.76. The van der Waals surface area contributed by atoms with Gasteiger partial charge in [-0.1, -0.05) is 12.1 Å². The summed E-state index contributed by atoms with van der Waals surface area (Å²) in [5.74, 6) is 1.09. The lowest BCUT2D eigenvalue weighted by molar-refractivity contribution is 0.615. The fourth-order valence-corrected chi connectivity index (χ4v) is 3.04. The van der Waals surface area contributed by atoms with Gasteiger partial charge < -0.3 is 14.8 Å². The molecule has 0 aliphatic carbocycles. The number of nitrogens with one attached hydrogen (secondary N) is 1. The number of aromatic nitrogens is 2. The van der Waals surface area contributed by atoms with Crippen molar-refractivity contribution in [2.75, 3.05) is 31.1 Å². The number of benzene rings is 1. The predicted octanol–water partition coefficient (Wildman–Crippen LogP) is 2.53. The Labute approximate surface area is 131 Å². The highest BCUT2D eigenvalue weighted by Crippen LogP contribution is 2.24. The number of nitriles is 1. The van der Waals surface area contributed by atoms with E-state index >= 15 is 0 Å². The summed E-state index contributed by atoms with van der Waals surface area (Å²) in [6.07, 6.45) is 3.75. The molecule has 1 aromatic carbocycles. The second-order valence-electron chi connectivity index (χ2n) is 5.76. The highest BCUT2D eigenvalue weighted by atomic mass is 15.3. The third kappa shape index (κ3) is 3.23. The van der Waals surface area contributed by atoms with Crippen molar-refractivity contribution in [2.24, 2.45) is 0 Å². The Morgan fingerprint density at radius 1 is 1.18 bits per heavy atom. The molecule has 3 rings (SSSR count). The van der Waals surface area contributed by atoms with Gasteiger partial charge in [0.2, 0.25) is 5.95 Å². The van der Waals surface area contributed by atoms with Gasteiger partial charge in [0.05, 0.1) is 17.1 Å². The van der Waals surface area contributed by atoms with Crippen LogP contribution < -0.4 is 10.2 Å². The van der Waals surface area contributed by atoms with E-state index in [1.807, 2.05) is 6.07 Å². The van der Waals surface area contributed by atoms with Crippen LogP contribution in [0.4, 0.5) is 5.95 Å². The maximum absolute atomic E-state index is 8.70. The number of nitrogens with zero attached hydrogens (tertiary/aromatic N) is 4. The van der Waals surface area contributed by atoms with Gasteiger partial charge in [-0.2, -0.15) is 5.26 Å². The van der Waals surface area contributed by atoms with Crippen molar-refractivity contribution in [3.8, 4) is 6.07 Å². The van der Waals surface area contributed by atoms with Gasteiger partial charge in [-0.3, -0.25) is 0 Å². The summed E-state index contributed by atoms with van der Waals surface area (Å²) in [5.41, 5.74) is 2.27. The van der Waals surface area contributed by atoms with Crippen LogP contribution in [-0.2, 0) is 6.54 Å². The van der Waals surface area contributed by atoms with Crippen molar-refractivity contribution < 1.29 is 0 Å². The van der Waals surface area contributed by atoms with Gasteiger partial charge in [0.1, 0.15) is 0 Å². The van der Waals surface area contributed by atoms with E-state index in [1.165, 1.54) is 5.52 Å². The molecule has 5 heteroatoms. The molecule has 2 heterocycles. The van der Waals surface area contributed by atoms with Crippen molar-refractivity contribution in [2.45, 2.75) is 32.2 Å². The summed E-state index contributed by atoms with van der Waals surface area (Å²) in [6.45, 7) is 5.08. The maximum Gasteiger partial charge on any atom is 0.206 e. The summed E-state index contributed by atoms with van der Waals surface area (Å²) in [6, 6.07) is 10.6.